The highest BCUT2D eigenvalue weighted by Crippen LogP contribution is 2.23. The molecule has 0 fully saturated rings. The molecule has 0 aliphatic heterocycles. The molecule has 162 valence electrons. The number of carbonyl (C=O) groups excluding carboxylic acids is 2. The first-order valence-corrected chi connectivity index (χ1v) is 10.5. The normalized spacial score (nSPS) is 11.8. The summed E-state index contributed by atoms with van der Waals surface area (Å²) in [4.78, 5) is 24.5. The average Bonchev–Trinajstić information content (AvgIpc) is 3.21. The van der Waals surface area contributed by atoms with Crippen molar-refractivity contribution in [3.8, 4) is 0 Å². The van der Waals surface area contributed by atoms with Gasteiger partial charge in [-0.2, -0.15) is 0 Å². The highest BCUT2D eigenvalue weighted by molar-refractivity contribution is 6.07. The summed E-state index contributed by atoms with van der Waals surface area (Å²) in [6, 6.07) is 24.9. The Bertz CT molecular complexity index is 1230. The fourth-order valence-corrected chi connectivity index (χ4v) is 3.82. The maximum atomic E-state index is 13.0. The van der Waals surface area contributed by atoms with Gasteiger partial charge in [0.1, 0.15) is 0 Å². The van der Waals surface area contributed by atoms with Crippen LogP contribution < -0.4 is 10.8 Å². The van der Waals surface area contributed by atoms with E-state index in [4.69, 9.17) is 5.21 Å². The van der Waals surface area contributed by atoms with Crippen molar-refractivity contribution < 1.29 is 14.8 Å². The van der Waals surface area contributed by atoms with Gasteiger partial charge in [-0.25, -0.2) is 5.48 Å². The van der Waals surface area contributed by atoms with Crippen molar-refractivity contribution in [1.82, 2.24) is 15.4 Å². The summed E-state index contributed by atoms with van der Waals surface area (Å²) < 4.78 is 2.03. The van der Waals surface area contributed by atoms with Gasteiger partial charge in [0.25, 0.3) is 11.8 Å². The zero-order valence-electron chi connectivity index (χ0n) is 17.8. The first-order chi connectivity index (χ1) is 15.6. The zero-order chi connectivity index (χ0) is 22.5. The summed E-state index contributed by atoms with van der Waals surface area (Å²) in [5.41, 5.74) is 5.77. The summed E-state index contributed by atoms with van der Waals surface area (Å²) in [5, 5.41) is 12.7. The molecular formula is C26H25N3O3. The highest BCUT2D eigenvalue weighted by Gasteiger charge is 2.16. The predicted molar refractivity (Wildman–Crippen MR) is 124 cm³/mol. The number of rotatable bonds is 7. The van der Waals surface area contributed by atoms with Gasteiger partial charge in [-0.3, -0.25) is 14.8 Å². The molecule has 1 heterocycles. The van der Waals surface area contributed by atoms with E-state index in [0.29, 0.717) is 24.2 Å². The lowest BCUT2D eigenvalue weighted by molar-refractivity contribution is 0.0706. The largest absolute Gasteiger partial charge is 0.351 e. The molecule has 4 rings (SSSR count). The maximum absolute atomic E-state index is 13.0. The standard InChI is InChI=1S/C26H25N3O3/c1-18(20-7-3-2-4-8-20)15-27-26(31)23-17-29(24-10-6-5-9-22(23)24)16-19-11-13-21(14-12-19)25(30)28-32/h2-14,17-18,32H,15-16H2,1H3,(H,27,31)(H,28,30). The molecule has 4 aromatic rings. The third-order valence-corrected chi connectivity index (χ3v) is 5.64. The third kappa shape index (κ3) is 4.55. The number of nitrogens with one attached hydrogen (secondary N) is 2. The van der Waals surface area contributed by atoms with Crippen molar-refractivity contribution in [2.75, 3.05) is 6.54 Å². The Morgan fingerprint density at radius 1 is 0.906 bits per heavy atom. The van der Waals surface area contributed by atoms with Crippen molar-refractivity contribution in [3.63, 3.8) is 0 Å². The van der Waals surface area contributed by atoms with Crippen LogP contribution in [0.1, 0.15) is 44.7 Å². The number of carbonyl (C=O) groups is 2. The second kappa shape index (κ2) is 9.49. The fourth-order valence-electron chi connectivity index (χ4n) is 3.82. The first kappa shape index (κ1) is 21.3. The Kier molecular flexibility index (Phi) is 6.33. The Labute approximate surface area is 186 Å². The fraction of sp³-hybridized carbons (Fsp3) is 0.154. The van der Waals surface area contributed by atoms with E-state index in [1.165, 1.54) is 5.56 Å². The van der Waals surface area contributed by atoms with Crippen LogP contribution in [0.2, 0.25) is 0 Å². The summed E-state index contributed by atoms with van der Waals surface area (Å²) in [6.45, 7) is 3.20. The van der Waals surface area contributed by atoms with Crippen molar-refractivity contribution in [2.24, 2.45) is 0 Å². The number of aromatic nitrogens is 1. The minimum Gasteiger partial charge on any atom is -0.351 e. The lowest BCUT2D eigenvalue weighted by atomic mass is 10.0. The van der Waals surface area contributed by atoms with Crippen LogP contribution in [-0.2, 0) is 6.54 Å². The average molecular weight is 428 g/mol. The van der Waals surface area contributed by atoms with Gasteiger partial charge in [-0.1, -0.05) is 67.6 Å². The monoisotopic (exact) mass is 427 g/mol. The van der Waals surface area contributed by atoms with Crippen LogP contribution in [0, 0.1) is 0 Å². The van der Waals surface area contributed by atoms with E-state index in [1.54, 1.807) is 17.6 Å². The molecule has 6 nitrogen and oxygen atoms in total. The smallest absolute Gasteiger partial charge is 0.274 e. The molecule has 32 heavy (non-hydrogen) atoms. The Morgan fingerprint density at radius 2 is 1.59 bits per heavy atom. The number of fused-ring (bicyclic) bond motifs is 1. The molecule has 3 aromatic carbocycles. The number of amides is 2. The van der Waals surface area contributed by atoms with Gasteiger partial charge in [-0.05, 0) is 35.2 Å². The highest BCUT2D eigenvalue weighted by atomic mass is 16.5. The molecule has 0 radical (unpaired) electrons. The van der Waals surface area contributed by atoms with Gasteiger partial charge in [0.05, 0.1) is 5.56 Å². The second-order valence-electron chi connectivity index (χ2n) is 7.85. The van der Waals surface area contributed by atoms with E-state index in [2.05, 4.69) is 24.4 Å². The molecule has 1 aromatic heterocycles. The van der Waals surface area contributed by atoms with Crippen molar-refractivity contribution in [2.45, 2.75) is 19.4 Å². The topological polar surface area (TPSA) is 83.4 Å². The van der Waals surface area contributed by atoms with E-state index in [9.17, 15) is 9.59 Å². The molecule has 1 atom stereocenters. The van der Waals surface area contributed by atoms with Gasteiger partial charge in [0, 0.05) is 35.8 Å². The van der Waals surface area contributed by atoms with Crippen molar-refractivity contribution >= 4 is 22.7 Å². The minimum atomic E-state index is -0.549. The van der Waals surface area contributed by atoms with E-state index in [0.717, 1.165) is 16.5 Å². The molecule has 0 bridgehead atoms. The number of hydroxylamine groups is 1. The van der Waals surface area contributed by atoms with Crippen LogP contribution in [0.15, 0.2) is 85.1 Å². The van der Waals surface area contributed by atoms with Crippen LogP contribution in [0.3, 0.4) is 0 Å². The van der Waals surface area contributed by atoms with Crippen LogP contribution in [0.25, 0.3) is 10.9 Å². The molecule has 6 heteroatoms. The lowest BCUT2D eigenvalue weighted by Gasteiger charge is -2.12. The van der Waals surface area contributed by atoms with E-state index in [1.807, 2.05) is 65.4 Å². The van der Waals surface area contributed by atoms with Gasteiger partial charge in [0.15, 0.2) is 0 Å². The van der Waals surface area contributed by atoms with Crippen molar-refractivity contribution in [3.05, 3.63) is 107 Å². The third-order valence-electron chi connectivity index (χ3n) is 5.64. The van der Waals surface area contributed by atoms with Crippen LogP contribution in [0.4, 0.5) is 0 Å². The number of hydrogen-bond acceptors (Lipinski definition) is 3. The van der Waals surface area contributed by atoms with E-state index in [-0.39, 0.29) is 11.8 Å². The molecule has 0 spiro atoms. The predicted octanol–water partition coefficient (Wildman–Crippen LogP) is 4.34. The van der Waals surface area contributed by atoms with Gasteiger partial charge in [0.2, 0.25) is 0 Å². The Hall–Kier alpha value is -3.90. The summed E-state index contributed by atoms with van der Waals surface area (Å²) >= 11 is 0. The molecule has 0 aliphatic rings. The zero-order valence-corrected chi connectivity index (χ0v) is 17.8. The number of hydrogen-bond donors (Lipinski definition) is 3. The summed E-state index contributed by atoms with van der Waals surface area (Å²) in [6.07, 6.45) is 1.88. The van der Waals surface area contributed by atoms with Gasteiger partial charge >= 0.3 is 0 Å². The molecule has 0 aliphatic carbocycles. The molecule has 1 unspecified atom stereocenters. The van der Waals surface area contributed by atoms with Gasteiger partial charge in [-0.15, -0.1) is 0 Å². The SMILES string of the molecule is CC(CNC(=O)c1cn(Cc2ccc(C(=O)NO)cc2)c2ccccc12)c1ccccc1. The molecule has 2 amide bonds. The van der Waals surface area contributed by atoms with Crippen LogP contribution in [-0.4, -0.2) is 28.1 Å². The van der Waals surface area contributed by atoms with E-state index < -0.39 is 5.91 Å². The molecule has 0 saturated carbocycles. The molecular weight excluding hydrogens is 402 g/mol. The second-order valence-corrected chi connectivity index (χ2v) is 7.85. The van der Waals surface area contributed by atoms with E-state index >= 15 is 0 Å². The summed E-state index contributed by atoms with van der Waals surface area (Å²) in [7, 11) is 0. The van der Waals surface area contributed by atoms with Crippen molar-refractivity contribution in [1.29, 1.82) is 0 Å². The number of nitrogens with zero attached hydrogens (tertiary/aromatic N) is 1. The Balaban J connectivity index is 1.53. The lowest BCUT2D eigenvalue weighted by Crippen LogP contribution is -2.27. The number of benzene rings is 3. The van der Waals surface area contributed by atoms with Gasteiger partial charge < -0.3 is 9.88 Å². The Morgan fingerprint density at radius 3 is 2.31 bits per heavy atom. The van der Waals surface area contributed by atoms with Crippen LogP contribution in [0.5, 0.6) is 0 Å². The number of para-hydroxylation sites is 1. The quantitative estimate of drug-likeness (QED) is 0.303. The molecule has 0 saturated heterocycles. The first-order valence-electron chi connectivity index (χ1n) is 10.5. The molecule has 3 N–H and O–H groups in total. The minimum absolute atomic E-state index is 0.0994. The maximum Gasteiger partial charge on any atom is 0.274 e. The van der Waals surface area contributed by atoms with Crippen LogP contribution >= 0.6 is 0 Å². The summed E-state index contributed by atoms with van der Waals surface area (Å²) in [5.74, 6) is -0.438.